The van der Waals surface area contributed by atoms with Gasteiger partial charge in [0.05, 0.1) is 0 Å². The normalized spacial score (nSPS) is 14.9. The highest BCUT2D eigenvalue weighted by Gasteiger charge is 2.27. The minimum Gasteiger partial charge on any atom is -0.370 e. The molecular weight excluding hydrogens is 260 g/mol. The lowest BCUT2D eigenvalue weighted by Crippen LogP contribution is -2.25. The van der Waals surface area contributed by atoms with E-state index in [2.05, 4.69) is 34.0 Å². The van der Waals surface area contributed by atoms with E-state index in [9.17, 15) is 0 Å². The summed E-state index contributed by atoms with van der Waals surface area (Å²) in [6.45, 7) is 8.66. The van der Waals surface area contributed by atoms with Crippen LogP contribution in [0.25, 0.3) is 0 Å². The van der Waals surface area contributed by atoms with Crippen LogP contribution in [0.3, 0.4) is 0 Å². The Balaban J connectivity index is 1.79. The lowest BCUT2D eigenvalue weighted by Gasteiger charge is -2.17. The van der Waals surface area contributed by atoms with Gasteiger partial charge in [0.15, 0.2) is 0 Å². The highest BCUT2D eigenvalue weighted by atomic mass is 35.5. The number of rotatable bonds is 8. The molecule has 1 aliphatic rings. The molecular formula is C14H23ClN4. The van der Waals surface area contributed by atoms with Crippen LogP contribution in [-0.4, -0.2) is 41.0 Å². The third-order valence-corrected chi connectivity index (χ3v) is 3.70. The Labute approximate surface area is 120 Å². The van der Waals surface area contributed by atoms with Gasteiger partial charge in [-0.1, -0.05) is 25.4 Å². The molecule has 0 aromatic carbocycles. The van der Waals surface area contributed by atoms with Crippen LogP contribution in [0.5, 0.6) is 0 Å². The third kappa shape index (κ3) is 4.62. The second kappa shape index (κ2) is 7.06. The summed E-state index contributed by atoms with van der Waals surface area (Å²) in [5, 5.41) is 3.89. The van der Waals surface area contributed by atoms with Crippen molar-refractivity contribution in [3.63, 3.8) is 0 Å². The minimum atomic E-state index is 0.537. The second-order valence-electron chi connectivity index (χ2n) is 5.02. The Hall–Kier alpha value is -0.870. The predicted octanol–water partition coefficient (Wildman–Crippen LogP) is 3.15. The molecule has 1 aromatic rings. The van der Waals surface area contributed by atoms with Crippen LogP contribution in [0.1, 0.15) is 44.9 Å². The van der Waals surface area contributed by atoms with E-state index in [4.69, 9.17) is 11.6 Å². The first-order chi connectivity index (χ1) is 9.22. The lowest BCUT2D eigenvalue weighted by atomic mass is 10.3. The Bertz CT molecular complexity index is 402. The van der Waals surface area contributed by atoms with Crippen molar-refractivity contribution in [1.82, 2.24) is 14.9 Å². The van der Waals surface area contributed by atoms with Crippen LogP contribution in [0.2, 0.25) is 5.15 Å². The van der Waals surface area contributed by atoms with E-state index >= 15 is 0 Å². The number of nitrogens with one attached hydrogen (secondary N) is 1. The summed E-state index contributed by atoms with van der Waals surface area (Å²) in [6, 6.07) is 1.81. The summed E-state index contributed by atoms with van der Waals surface area (Å²) in [7, 11) is 0. The van der Waals surface area contributed by atoms with Gasteiger partial charge >= 0.3 is 0 Å². The first-order valence-corrected chi connectivity index (χ1v) is 7.61. The molecule has 4 nitrogen and oxygen atoms in total. The smallest absolute Gasteiger partial charge is 0.135 e. The van der Waals surface area contributed by atoms with Gasteiger partial charge in [-0.05, 0) is 38.9 Å². The van der Waals surface area contributed by atoms with Crippen molar-refractivity contribution in [3.8, 4) is 0 Å². The summed E-state index contributed by atoms with van der Waals surface area (Å²) in [4.78, 5) is 11.2. The molecule has 19 heavy (non-hydrogen) atoms. The predicted molar refractivity (Wildman–Crippen MR) is 79.9 cm³/mol. The van der Waals surface area contributed by atoms with Crippen molar-refractivity contribution >= 4 is 17.4 Å². The topological polar surface area (TPSA) is 41.0 Å². The molecule has 106 valence electrons. The zero-order chi connectivity index (χ0) is 13.7. The van der Waals surface area contributed by atoms with E-state index in [1.54, 1.807) is 0 Å². The van der Waals surface area contributed by atoms with Crippen LogP contribution in [0.15, 0.2) is 6.07 Å². The van der Waals surface area contributed by atoms with Crippen LogP contribution in [0, 0.1) is 0 Å². The van der Waals surface area contributed by atoms with Gasteiger partial charge in [-0.2, -0.15) is 0 Å². The molecule has 0 radical (unpaired) electrons. The van der Waals surface area contributed by atoms with Gasteiger partial charge in [-0.3, -0.25) is 0 Å². The second-order valence-corrected chi connectivity index (χ2v) is 5.40. The lowest BCUT2D eigenvalue weighted by molar-refractivity contribution is 0.303. The van der Waals surface area contributed by atoms with Crippen LogP contribution >= 0.6 is 11.6 Å². The average Bonchev–Trinajstić information content (AvgIpc) is 3.23. The SMILES string of the molecule is CCN(CC)CCCNc1cc(Cl)nc(C2CC2)n1. The molecule has 1 heterocycles. The Morgan fingerprint density at radius 3 is 2.68 bits per heavy atom. The third-order valence-electron chi connectivity index (χ3n) is 3.51. The highest BCUT2D eigenvalue weighted by Crippen LogP contribution is 2.38. The van der Waals surface area contributed by atoms with Gasteiger partial charge in [0.1, 0.15) is 16.8 Å². The van der Waals surface area contributed by atoms with Gasteiger partial charge in [0.25, 0.3) is 0 Å². The number of hydrogen-bond donors (Lipinski definition) is 1. The first kappa shape index (κ1) is 14.5. The fourth-order valence-corrected chi connectivity index (χ4v) is 2.30. The van der Waals surface area contributed by atoms with Crippen LogP contribution < -0.4 is 5.32 Å². The molecule has 5 heteroatoms. The zero-order valence-corrected chi connectivity index (χ0v) is 12.6. The van der Waals surface area contributed by atoms with E-state index in [0.717, 1.165) is 44.2 Å². The molecule has 0 spiro atoms. The minimum absolute atomic E-state index is 0.537. The molecule has 0 bridgehead atoms. The summed E-state index contributed by atoms with van der Waals surface area (Å²) in [5.74, 6) is 2.30. The quantitative estimate of drug-likeness (QED) is 0.587. The molecule has 1 aromatic heterocycles. The molecule has 0 saturated heterocycles. The van der Waals surface area contributed by atoms with Crippen molar-refractivity contribution in [3.05, 3.63) is 17.0 Å². The summed E-state index contributed by atoms with van der Waals surface area (Å²) in [5.41, 5.74) is 0. The van der Waals surface area contributed by atoms with Crippen molar-refractivity contribution in [2.75, 3.05) is 31.5 Å². The molecule has 0 unspecified atom stereocenters. The molecule has 0 atom stereocenters. The zero-order valence-electron chi connectivity index (χ0n) is 11.8. The maximum Gasteiger partial charge on any atom is 0.135 e. The summed E-state index contributed by atoms with van der Waals surface area (Å²) in [6.07, 6.45) is 3.51. The average molecular weight is 283 g/mol. The Morgan fingerprint density at radius 1 is 1.32 bits per heavy atom. The van der Waals surface area contributed by atoms with Crippen molar-refractivity contribution in [2.24, 2.45) is 0 Å². The first-order valence-electron chi connectivity index (χ1n) is 7.23. The van der Waals surface area contributed by atoms with Gasteiger partial charge in [0.2, 0.25) is 0 Å². The van der Waals surface area contributed by atoms with E-state index < -0.39 is 0 Å². The van der Waals surface area contributed by atoms with Gasteiger partial charge in [-0.15, -0.1) is 0 Å². The number of nitrogens with zero attached hydrogens (tertiary/aromatic N) is 3. The Kier molecular flexibility index (Phi) is 5.40. The monoisotopic (exact) mass is 282 g/mol. The number of aromatic nitrogens is 2. The van der Waals surface area contributed by atoms with Crippen molar-refractivity contribution in [2.45, 2.75) is 39.0 Å². The van der Waals surface area contributed by atoms with E-state index in [0.29, 0.717) is 11.1 Å². The fraction of sp³-hybridized carbons (Fsp3) is 0.714. The fourth-order valence-electron chi connectivity index (χ4n) is 2.11. The van der Waals surface area contributed by atoms with Crippen molar-refractivity contribution < 1.29 is 0 Å². The van der Waals surface area contributed by atoms with E-state index in [-0.39, 0.29) is 0 Å². The van der Waals surface area contributed by atoms with E-state index in [1.807, 2.05) is 6.07 Å². The molecule has 1 N–H and O–H groups in total. The van der Waals surface area contributed by atoms with Gasteiger partial charge < -0.3 is 10.2 Å². The maximum absolute atomic E-state index is 6.03. The molecule has 0 amide bonds. The van der Waals surface area contributed by atoms with Crippen LogP contribution in [-0.2, 0) is 0 Å². The highest BCUT2D eigenvalue weighted by molar-refractivity contribution is 6.29. The summed E-state index contributed by atoms with van der Waals surface area (Å²) < 4.78 is 0. The number of halogens is 1. The van der Waals surface area contributed by atoms with Crippen LogP contribution in [0.4, 0.5) is 5.82 Å². The largest absolute Gasteiger partial charge is 0.370 e. The molecule has 1 saturated carbocycles. The van der Waals surface area contributed by atoms with Crippen molar-refractivity contribution in [1.29, 1.82) is 0 Å². The Morgan fingerprint density at radius 2 is 2.05 bits per heavy atom. The molecule has 2 rings (SSSR count). The van der Waals surface area contributed by atoms with Gasteiger partial charge in [-0.25, -0.2) is 9.97 Å². The van der Waals surface area contributed by atoms with E-state index in [1.165, 1.54) is 12.8 Å². The maximum atomic E-state index is 6.03. The standard InChI is InChI=1S/C14H23ClN4/c1-3-19(4-2)9-5-8-16-13-10-12(15)17-14(18-13)11-6-7-11/h10-11H,3-9H2,1-2H3,(H,16,17,18). The molecule has 0 aliphatic heterocycles. The molecule has 1 aliphatic carbocycles. The van der Waals surface area contributed by atoms with Gasteiger partial charge in [0, 0.05) is 18.5 Å². The molecule has 1 fully saturated rings. The number of anilines is 1. The summed E-state index contributed by atoms with van der Waals surface area (Å²) >= 11 is 6.03. The number of hydrogen-bond acceptors (Lipinski definition) is 4.